The second-order valence-electron chi connectivity index (χ2n) is 5.80. The lowest BCUT2D eigenvalue weighted by atomic mass is 9.88. The molecule has 1 heterocycles. The standard InChI is InChI=1S/C18H15BrClN3O3/c19-12-6-11(16(24)14(20)7-12)8-22-23-18(26)15-13(9-21-17(15)25)10-4-2-1-3-5-10/h1-8,13,15,24H,9H2,(H,21,25)(H,23,26). The zero-order chi connectivity index (χ0) is 18.7. The Morgan fingerprint density at radius 3 is 2.81 bits per heavy atom. The number of nitrogens with zero attached hydrogens (tertiary/aromatic N) is 1. The van der Waals surface area contributed by atoms with Crippen molar-refractivity contribution >= 4 is 45.6 Å². The van der Waals surface area contributed by atoms with E-state index in [4.69, 9.17) is 11.6 Å². The van der Waals surface area contributed by atoms with Crippen LogP contribution in [0.3, 0.4) is 0 Å². The summed E-state index contributed by atoms with van der Waals surface area (Å²) in [5.74, 6) is -2.11. The molecule has 1 saturated heterocycles. The highest BCUT2D eigenvalue weighted by Crippen LogP contribution is 2.31. The predicted octanol–water partition coefficient (Wildman–Crippen LogP) is 2.79. The minimum Gasteiger partial charge on any atom is -0.506 e. The molecule has 134 valence electrons. The molecule has 2 amide bonds. The molecule has 1 fully saturated rings. The van der Waals surface area contributed by atoms with Crippen molar-refractivity contribution in [2.75, 3.05) is 6.54 Å². The molecule has 2 unspecified atom stereocenters. The van der Waals surface area contributed by atoms with Crippen LogP contribution in [0, 0.1) is 5.92 Å². The second kappa shape index (κ2) is 7.88. The molecule has 6 nitrogen and oxygen atoms in total. The molecular formula is C18H15BrClN3O3. The van der Waals surface area contributed by atoms with Crippen molar-refractivity contribution in [1.29, 1.82) is 0 Å². The summed E-state index contributed by atoms with van der Waals surface area (Å²) in [5, 5.41) is 16.6. The van der Waals surface area contributed by atoms with E-state index < -0.39 is 11.8 Å². The Labute approximate surface area is 163 Å². The maximum Gasteiger partial charge on any atom is 0.253 e. The Hall–Kier alpha value is -2.38. The maximum atomic E-state index is 12.5. The normalized spacial score (nSPS) is 19.5. The summed E-state index contributed by atoms with van der Waals surface area (Å²) in [4.78, 5) is 24.6. The van der Waals surface area contributed by atoms with Crippen molar-refractivity contribution < 1.29 is 14.7 Å². The lowest BCUT2D eigenvalue weighted by Crippen LogP contribution is -2.34. The van der Waals surface area contributed by atoms with E-state index in [1.54, 1.807) is 12.1 Å². The third kappa shape index (κ3) is 3.89. The van der Waals surface area contributed by atoms with E-state index in [9.17, 15) is 14.7 Å². The van der Waals surface area contributed by atoms with E-state index in [1.807, 2.05) is 30.3 Å². The fourth-order valence-electron chi connectivity index (χ4n) is 2.85. The fraction of sp³-hybridized carbons (Fsp3) is 0.167. The van der Waals surface area contributed by atoms with Gasteiger partial charge in [-0.2, -0.15) is 5.10 Å². The van der Waals surface area contributed by atoms with E-state index >= 15 is 0 Å². The van der Waals surface area contributed by atoms with Gasteiger partial charge >= 0.3 is 0 Å². The first kappa shape index (κ1) is 18.4. The Morgan fingerprint density at radius 2 is 2.08 bits per heavy atom. The van der Waals surface area contributed by atoms with Gasteiger partial charge in [0.2, 0.25) is 5.91 Å². The van der Waals surface area contributed by atoms with Crippen molar-refractivity contribution in [3.63, 3.8) is 0 Å². The molecule has 1 aliphatic rings. The van der Waals surface area contributed by atoms with Crippen molar-refractivity contribution in [2.24, 2.45) is 11.0 Å². The summed E-state index contributed by atoms with van der Waals surface area (Å²) in [5.41, 5.74) is 3.61. The molecule has 0 radical (unpaired) electrons. The van der Waals surface area contributed by atoms with Gasteiger partial charge in [0.15, 0.2) is 0 Å². The second-order valence-corrected chi connectivity index (χ2v) is 7.12. The van der Waals surface area contributed by atoms with Crippen LogP contribution in [0.4, 0.5) is 0 Å². The quantitative estimate of drug-likeness (QED) is 0.391. The van der Waals surface area contributed by atoms with Crippen LogP contribution in [0.15, 0.2) is 52.0 Å². The van der Waals surface area contributed by atoms with Gasteiger partial charge in [-0.05, 0) is 17.7 Å². The van der Waals surface area contributed by atoms with Crippen molar-refractivity contribution in [2.45, 2.75) is 5.92 Å². The molecule has 0 saturated carbocycles. The fourth-order valence-corrected chi connectivity index (χ4v) is 3.69. The first-order chi connectivity index (χ1) is 12.5. The Bertz CT molecular complexity index is 873. The molecule has 3 rings (SSSR count). The number of rotatable bonds is 4. The van der Waals surface area contributed by atoms with Gasteiger partial charge in [-0.25, -0.2) is 5.43 Å². The molecule has 3 N–H and O–H groups in total. The predicted molar refractivity (Wildman–Crippen MR) is 102 cm³/mol. The van der Waals surface area contributed by atoms with Gasteiger partial charge in [0, 0.05) is 22.5 Å². The number of halogens is 2. The van der Waals surface area contributed by atoms with Crippen LogP contribution in [0.1, 0.15) is 17.0 Å². The third-order valence-electron chi connectivity index (χ3n) is 4.13. The summed E-state index contributed by atoms with van der Waals surface area (Å²) in [6.45, 7) is 0.396. The molecule has 0 bridgehead atoms. The lowest BCUT2D eigenvalue weighted by molar-refractivity contribution is -0.133. The number of amides is 2. The number of hydrogen-bond donors (Lipinski definition) is 3. The summed E-state index contributed by atoms with van der Waals surface area (Å²) < 4.78 is 0.660. The first-order valence-electron chi connectivity index (χ1n) is 7.81. The minimum atomic E-state index is -0.866. The van der Waals surface area contributed by atoms with Crippen LogP contribution in [-0.2, 0) is 9.59 Å². The Balaban J connectivity index is 1.74. The maximum absolute atomic E-state index is 12.5. The average molecular weight is 437 g/mol. The number of carbonyl (C=O) groups excluding carboxylic acids is 2. The molecule has 2 atom stereocenters. The number of phenols is 1. The monoisotopic (exact) mass is 435 g/mol. The molecule has 8 heteroatoms. The Kier molecular flexibility index (Phi) is 5.58. The highest BCUT2D eigenvalue weighted by atomic mass is 79.9. The third-order valence-corrected chi connectivity index (χ3v) is 4.87. The zero-order valence-electron chi connectivity index (χ0n) is 13.4. The van der Waals surface area contributed by atoms with E-state index in [-0.39, 0.29) is 22.6 Å². The smallest absolute Gasteiger partial charge is 0.253 e. The Morgan fingerprint density at radius 1 is 1.35 bits per heavy atom. The highest BCUT2D eigenvalue weighted by Gasteiger charge is 2.40. The van der Waals surface area contributed by atoms with Crippen LogP contribution in [0.2, 0.25) is 5.02 Å². The van der Waals surface area contributed by atoms with Crippen molar-refractivity contribution in [3.8, 4) is 5.75 Å². The zero-order valence-corrected chi connectivity index (χ0v) is 15.8. The van der Waals surface area contributed by atoms with E-state index in [1.165, 1.54) is 6.21 Å². The largest absolute Gasteiger partial charge is 0.506 e. The molecule has 2 aromatic rings. The number of phenolic OH excluding ortho intramolecular Hbond substituents is 1. The number of benzene rings is 2. The summed E-state index contributed by atoms with van der Waals surface area (Å²) in [6, 6.07) is 12.5. The van der Waals surface area contributed by atoms with Gasteiger partial charge < -0.3 is 10.4 Å². The molecule has 0 spiro atoms. The molecular weight excluding hydrogens is 422 g/mol. The summed E-state index contributed by atoms with van der Waals surface area (Å²) >= 11 is 9.15. The van der Waals surface area contributed by atoms with Crippen LogP contribution >= 0.6 is 27.5 Å². The molecule has 0 aliphatic carbocycles. The van der Waals surface area contributed by atoms with Gasteiger partial charge in [0.1, 0.15) is 11.7 Å². The average Bonchev–Trinajstić information content (AvgIpc) is 3.01. The number of hydrogen-bond acceptors (Lipinski definition) is 4. The van der Waals surface area contributed by atoms with E-state index in [0.29, 0.717) is 16.6 Å². The van der Waals surface area contributed by atoms with E-state index in [2.05, 4.69) is 31.8 Å². The van der Waals surface area contributed by atoms with Crippen molar-refractivity contribution in [1.82, 2.24) is 10.7 Å². The number of hydrazone groups is 1. The molecule has 26 heavy (non-hydrogen) atoms. The van der Waals surface area contributed by atoms with E-state index in [0.717, 1.165) is 5.56 Å². The number of aromatic hydroxyl groups is 1. The SMILES string of the molecule is O=C1NCC(c2ccccc2)C1C(=O)NN=Cc1cc(Br)cc(Cl)c1O. The summed E-state index contributed by atoms with van der Waals surface area (Å²) in [7, 11) is 0. The van der Waals surface area contributed by atoms with Crippen molar-refractivity contribution in [3.05, 3.63) is 63.1 Å². The lowest BCUT2D eigenvalue weighted by Gasteiger charge is -2.15. The number of nitrogens with one attached hydrogen (secondary N) is 2. The molecule has 2 aromatic carbocycles. The van der Waals surface area contributed by atoms with Gasteiger partial charge in [-0.1, -0.05) is 57.9 Å². The van der Waals surface area contributed by atoms with Crippen LogP contribution < -0.4 is 10.7 Å². The molecule has 0 aromatic heterocycles. The van der Waals surface area contributed by atoms with Gasteiger partial charge in [-0.15, -0.1) is 0 Å². The van der Waals surface area contributed by atoms with Crippen LogP contribution in [0.25, 0.3) is 0 Å². The van der Waals surface area contributed by atoms with Gasteiger partial charge in [0.25, 0.3) is 5.91 Å². The minimum absolute atomic E-state index is 0.145. The van der Waals surface area contributed by atoms with Gasteiger partial charge in [0.05, 0.1) is 11.2 Å². The topological polar surface area (TPSA) is 90.8 Å². The highest BCUT2D eigenvalue weighted by molar-refractivity contribution is 9.10. The van der Waals surface area contributed by atoms with Crippen LogP contribution in [-0.4, -0.2) is 29.7 Å². The molecule has 1 aliphatic heterocycles. The number of carbonyl (C=O) groups is 2. The van der Waals surface area contributed by atoms with Gasteiger partial charge in [-0.3, -0.25) is 9.59 Å². The first-order valence-corrected chi connectivity index (χ1v) is 8.98. The summed E-state index contributed by atoms with van der Waals surface area (Å²) in [6.07, 6.45) is 1.27. The van der Waals surface area contributed by atoms with Crippen LogP contribution in [0.5, 0.6) is 5.75 Å².